The molecule has 0 spiro atoms. The normalized spacial score (nSPS) is 17.5. The molecule has 2 aliphatic heterocycles. The van der Waals surface area contributed by atoms with Crippen LogP contribution in [0.2, 0.25) is 0 Å². The number of aliphatic hydroxyl groups is 2. The van der Waals surface area contributed by atoms with Gasteiger partial charge in [-0.25, -0.2) is 14.3 Å². The number of aromatic nitrogens is 2. The Labute approximate surface area is 370 Å². The first-order chi connectivity index (χ1) is 30.5. The molecule has 4 heterocycles. The highest BCUT2D eigenvalue weighted by Crippen LogP contribution is 2.47. The molecule has 0 fully saturated rings. The topological polar surface area (TPSA) is 243 Å². The van der Waals surface area contributed by atoms with Crippen LogP contribution in [-0.2, 0) is 62.4 Å². The summed E-state index contributed by atoms with van der Waals surface area (Å²) in [5.41, 5.74) is 4.13. The Morgan fingerprint density at radius 2 is 1.77 bits per heavy atom. The quantitative estimate of drug-likeness (QED) is 0.0250. The van der Waals surface area contributed by atoms with Gasteiger partial charge in [0.05, 0.1) is 54.9 Å². The van der Waals surface area contributed by atoms with Crippen LogP contribution in [-0.4, -0.2) is 76.1 Å². The Morgan fingerprint density at radius 3 is 2.44 bits per heavy atom. The zero-order chi connectivity index (χ0) is 46.4. The molecule has 0 bridgehead atoms. The van der Waals surface area contributed by atoms with E-state index in [1.165, 1.54) is 31.2 Å². The van der Waals surface area contributed by atoms with Gasteiger partial charge < -0.3 is 43.7 Å². The van der Waals surface area contributed by atoms with Gasteiger partial charge >= 0.3 is 27.2 Å². The van der Waals surface area contributed by atoms with Crippen LogP contribution in [0.3, 0.4) is 0 Å². The third-order valence-corrected chi connectivity index (χ3v) is 13.9. The number of nitrogens with one attached hydrogen (secondary N) is 3. The number of hydrogen-bond acceptors (Lipinski definition) is 14. The van der Waals surface area contributed by atoms with Gasteiger partial charge in [-0.3, -0.25) is 23.5 Å². The van der Waals surface area contributed by atoms with Crippen LogP contribution >= 0.6 is 15.3 Å². The smallest absolute Gasteiger partial charge is 0.459 e. The van der Waals surface area contributed by atoms with Crippen molar-refractivity contribution in [3.05, 3.63) is 86.7 Å². The van der Waals surface area contributed by atoms with Crippen LogP contribution in [0.15, 0.2) is 53.3 Å². The van der Waals surface area contributed by atoms with Gasteiger partial charge in [0.2, 0.25) is 0 Å². The lowest BCUT2D eigenvalue weighted by Crippen LogP contribution is -2.44. The summed E-state index contributed by atoms with van der Waals surface area (Å²) in [5, 5.41) is 29.1. The average molecular weight is 922 g/mol. The van der Waals surface area contributed by atoms with E-state index < -0.39 is 45.0 Å². The highest BCUT2D eigenvalue weighted by atomic mass is 31.2. The molecule has 64 heavy (non-hydrogen) atoms. The van der Waals surface area contributed by atoms with Crippen LogP contribution in [0.1, 0.15) is 92.9 Å². The standard InChI is InChI=1S/C44H53N5O13P2/c1-7-32-33-23-31(17-18-37(33)46-39-34(32)25-49-38(39)24-36-35(41(49)52)26-58-43(54)44(36,55)8-2)62-64(57,47-28(6)42(53)61-27(4)5)60-21-12-10-11-19-45-40(51)29-13-15-30(16-14-29)48-63(56,9-3)59-22-20-50/h3,13-18,23-24,27-28,50,55H,7-8,10-12,19-22,25-26H2,1-2,4-6H3,(H,45,51)(H,47,57)(H,48,56)/t28?,44-,63?,64?/m0/s1. The number of unbranched alkanes of at least 4 members (excludes halogenated alkanes) is 2. The lowest BCUT2D eigenvalue weighted by Gasteiger charge is -2.31. The maximum Gasteiger partial charge on any atom is 0.459 e. The maximum atomic E-state index is 14.4. The zero-order valence-corrected chi connectivity index (χ0v) is 38.1. The minimum absolute atomic E-state index is 0.0209. The van der Waals surface area contributed by atoms with E-state index in [2.05, 4.69) is 21.2 Å². The van der Waals surface area contributed by atoms with E-state index in [4.69, 9.17) is 39.6 Å². The second kappa shape index (κ2) is 20.2. The number of hydrogen-bond donors (Lipinski definition) is 5. The summed E-state index contributed by atoms with van der Waals surface area (Å²) in [6.45, 7) is 8.20. The monoisotopic (exact) mass is 921 g/mol. The molecule has 0 radical (unpaired) electrons. The minimum atomic E-state index is -4.24. The molecule has 5 N–H and O–H groups in total. The predicted molar refractivity (Wildman–Crippen MR) is 238 cm³/mol. The second-order valence-corrected chi connectivity index (χ2v) is 19.1. The largest absolute Gasteiger partial charge is 0.462 e. The predicted octanol–water partition coefficient (Wildman–Crippen LogP) is 5.88. The van der Waals surface area contributed by atoms with E-state index in [9.17, 15) is 33.4 Å². The van der Waals surface area contributed by atoms with Gasteiger partial charge in [0, 0.05) is 40.0 Å². The summed E-state index contributed by atoms with van der Waals surface area (Å²) in [6.07, 6.45) is 7.02. The summed E-state index contributed by atoms with van der Waals surface area (Å²) in [4.78, 5) is 56.9. The van der Waals surface area contributed by atoms with Gasteiger partial charge in [0.1, 0.15) is 18.4 Å². The van der Waals surface area contributed by atoms with Gasteiger partial charge in [-0.05, 0) is 107 Å². The molecule has 20 heteroatoms. The van der Waals surface area contributed by atoms with Crippen LogP contribution in [0, 0.1) is 12.1 Å². The van der Waals surface area contributed by atoms with Crippen molar-refractivity contribution >= 4 is 49.7 Å². The first kappa shape index (κ1) is 48.1. The Kier molecular flexibility index (Phi) is 15.2. The van der Waals surface area contributed by atoms with E-state index >= 15 is 0 Å². The fourth-order valence-corrected chi connectivity index (χ4v) is 10.0. The number of esters is 2. The molecule has 4 aromatic rings. The van der Waals surface area contributed by atoms with E-state index in [0.717, 1.165) is 11.1 Å². The number of nitrogens with zero attached hydrogens (tertiary/aromatic N) is 2. The van der Waals surface area contributed by atoms with Crippen molar-refractivity contribution in [2.45, 2.75) is 97.6 Å². The number of benzene rings is 2. The first-order valence-electron chi connectivity index (χ1n) is 21.0. The SMILES string of the molecule is C#CP(=O)(Nc1ccc(C(=O)NCCCCCOP(=O)(NC(C)C(=O)OC(C)C)Oc2ccc3nc4c(c(CC)c3c2)Cn2c-4cc3c(c2=O)COC(=O)[C@]3(O)CC)cc1)OCCO. The molecule has 2 aromatic carbocycles. The third kappa shape index (κ3) is 10.4. The van der Waals surface area contributed by atoms with Gasteiger partial charge in [0.25, 0.3) is 11.5 Å². The van der Waals surface area contributed by atoms with Crippen molar-refractivity contribution in [2.75, 3.05) is 31.5 Å². The number of ether oxygens (including phenoxy) is 2. The number of fused-ring (bicyclic) bond motifs is 5. The molecule has 0 saturated heterocycles. The van der Waals surface area contributed by atoms with Crippen molar-refractivity contribution in [3.63, 3.8) is 0 Å². The van der Waals surface area contributed by atoms with Crippen LogP contribution < -0.4 is 25.6 Å². The third-order valence-electron chi connectivity index (χ3n) is 10.7. The summed E-state index contributed by atoms with van der Waals surface area (Å²) < 4.78 is 56.1. The second-order valence-electron chi connectivity index (χ2n) is 15.6. The number of carbonyl (C=O) groups excluding carboxylic acids is 3. The van der Waals surface area contributed by atoms with E-state index in [1.54, 1.807) is 49.6 Å². The maximum absolute atomic E-state index is 14.4. The number of cyclic esters (lactones) is 1. The Bertz CT molecular complexity index is 2630. The van der Waals surface area contributed by atoms with E-state index in [1.807, 2.05) is 6.92 Å². The fraction of sp³-hybridized carbons (Fsp3) is 0.432. The summed E-state index contributed by atoms with van der Waals surface area (Å²) in [5.74, 6) is -1.62. The van der Waals surface area contributed by atoms with Gasteiger partial charge in [-0.1, -0.05) is 13.8 Å². The Morgan fingerprint density at radius 1 is 1.02 bits per heavy atom. The zero-order valence-electron chi connectivity index (χ0n) is 36.3. The summed E-state index contributed by atoms with van der Waals surface area (Å²) >= 11 is 0. The molecular formula is C44H53N5O13P2. The van der Waals surface area contributed by atoms with Crippen molar-refractivity contribution in [3.8, 4) is 29.2 Å². The number of rotatable bonds is 21. The first-order valence-corrected chi connectivity index (χ1v) is 24.2. The number of amides is 1. The number of terminal acetylenes is 1. The molecular weight excluding hydrogens is 868 g/mol. The van der Waals surface area contributed by atoms with Crippen LogP contribution in [0.5, 0.6) is 5.75 Å². The van der Waals surface area contributed by atoms with Crippen LogP contribution in [0.4, 0.5) is 5.69 Å². The van der Waals surface area contributed by atoms with Gasteiger partial charge in [-0.15, -0.1) is 6.42 Å². The lowest BCUT2D eigenvalue weighted by molar-refractivity contribution is -0.172. The van der Waals surface area contributed by atoms with Crippen molar-refractivity contribution in [1.82, 2.24) is 20.0 Å². The molecule has 342 valence electrons. The van der Waals surface area contributed by atoms with Crippen molar-refractivity contribution in [1.29, 1.82) is 0 Å². The van der Waals surface area contributed by atoms with Crippen molar-refractivity contribution in [2.24, 2.45) is 0 Å². The molecule has 0 saturated carbocycles. The molecule has 2 aromatic heterocycles. The Hall–Kier alpha value is -5.37. The Balaban J connectivity index is 1.12. The van der Waals surface area contributed by atoms with E-state index in [-0.39, 0.29) is 67.7 Å². The van der Waals surface area contributed by atoms with Gasteiger partial charge in [0.15, 0.2) is 5.60 Å². The minimum Gasteiger partial charge on any atom is -0.462 e. The summed E-state index contributed by atoms with van der Waals surface area (Å²) in [6, 6.07) is 11.7. The number of pyridine rings is 2. The highest BCUT2D eigenvalue weighted by Gasteiger charge is 2.45. The lowest BCUT2D eigenvalue weighted by atomic mass is 9.86. The summed E-state index contributed by atoms with van der Waals surface area (Å²) in [7, 11) is -7.89. The number of carbonyl (C=O) groups is 3. The van der Waals surface area contributed by atoms with Crippen LogP contribution in [0.25, 0.3) is 22.3 Å². The fourth-order valence-electron chi connectivity index (χ4n) is 7.48. The number of aryl methyl sites for hydroxylation is 1. The highest BCUT2D eigenvalue weighted by molar-refractivity contribution is 7.65. The van der Waals surface area contributed by atoms with Gasteiger partial charge in [-0.2, -0.15) is 5.09 Å². The molecule has 2 aliphatic rings. The molecule has 4 atom stereocenters. The average Bonchev–Trinajstić information content (AvgIpc) is 3.64. The molecule has 18 nitrogen and oxygen atoms in total. The molecule has 1 amide bonds. The van der Waals surface area contributed by atoms with Crippen molar-refractivity contribution < 1.29 is 56.8 Å². The number of aliphatic hydroxyl groups excluding tert-OH is 1. The number of anilines is 1. The molecule has 0 aliphatic carbocycles. The molecule has 6 rings (SSSR count). The van der Waals surface area contributed by atoms with E-state index in [0.29, 0.717) is 65.8 Å². The molecule has 3 unspecified atom stereocenters.